The Hall–Kier alpha value is -1.26. The summed E-state index contributed by atoms with van der Waals surface area (Å²) in [6.45, 7) is 9.62. The Labute approximate surface area is 153 Å². The van der Waals surface area contributed by atoms with Crippen molar-refractivity contribution in [1.82, 2.24) is 10.2 Å². The molecule has 2 amide bonds. The molecule has 5 nitrogen and oxygen atoms in total. The van der Waals surface area contributed by atoms with Gasteiger partial charge in [0.25, 0.3) is 0 Å². The average molecular weight is 355 g/mol. The fourth-order valence-corrected chi connectivity index (χ4v) is 3.08. The molecule has 146 valence electrons. The van der Waals surface area contributed by atoms with Crippen LogP contribution in [0.15, 0.2) is 0 Å². The Bertz CT molecular complexity index is 404. The van der Waals surface area contributed by atoms with Crippen molar-refractivity contribution in [3.8, 4) is 0 Å². The molecule has 1 atom stereocenters. The molecule has 25 heavy (non-hydrogen) atoms. The molecule has 1 aliphatic rings. The number of hydrogen-bond donors (Lipinski definition) is 1. The second-order valence-electron chi connectivity index (χ2n) is 8.18. The number of carbonyl (C=O) groups excluding carboxylic acids is 2. The molecular weight excluding hydrogens is 316 g/mol. The highest BCUT2D eigenvalue weighted by Gasteiger charge is 2.33. The van der Waals surface area contributed by atoms with Gasteiger partial charge in [-0.05, 0) is 33.6 Å². The van der Waals surface area contributed by atoms with Crippen LogP contribution in [0.3, 0.4) is 0 Å². The first kappa shape index (κ1) is 21.8. The molecule has 1 fully saturated rings. The molecule has 1 heterocycles. The van der Waals surface area contributed by atoms with Gasteiger partial charge >= 0.3 is 6.09 Å². The topological polar surface area (TPSA) is 58.6 Å². The lowest BCUT2D eigenvalue weighted by Crippen LogP contribution is -2.37. The van der Waals surface area contributed by atoms with Crippen LogP contribution in [0.1, 0.15) is 85.5 Å². The summed E-state index contributed by atoms with van der Waals surface area (Å²) >= 11 is 0. The fourth-order valence-electron chi connectivity index (χ4n) is 3.08. The zero-order chi connectivity index (χ0) is 18.7. The third-order valence-corrected chi connectivity index (χ3v) is 4.54. The first-order valence-corrected chi connectivity index (χ1v) is 10.1. The monoisotopic (exact) mass is 354 g/mol. The molecule has 0 bridgehead atoms. The number of hydrogen-bond acceptors (Lipinski definition) is 3. The molecule has 0 radical (unpaired) electrons. The lowest BCUT2D eigenvalue weighted by Gasteiger charge is -2.24. The summed E-state index contributed by atoms with van der Waals surface area (Å²) in [7, 11) is 0. The smallest absolute Gasteiger partial charge is 0.410 e. The van der Waals surface area contributed by atoms with Crippen LogP contribution in [0.4, 0.5) is 4.79 Å². The summed E-state index contributed by atoms with van der Waals surface area (Å²) in [6.07, 6.45) is 10.5. The summed E-state index contributed by atoms with van der Waals surface area (Å²) < 4.78 is 5.37. The highest BCUT2D eigenvalue weighted by Crippen LogP contribution is 2.19. The van der Waals surface area contributed by atoms with E-state index in [0.717, 1.165) is 19.4 Å². The SMILES string of the molecule is CCCCCCCCCCNC(=O)[C@H]1CCN(C(=O)OC(C)(C)C)C1. The molecule has 0 saturated carbocycles. The quantitative estimate of drug-likeness (QED) is 0.588. The predicted octanol–water partition coefficient (Wildman–Crippen LogP) is 4.50. The maximum atomic E-state index is 12.2. The molecule has 1 N–H and O–H groups in total. The summed E-state index contributed by atoms with van der Waals surface area (Å²) in [6, 6.07) is 0. The molecule has 0 aromatic rings. The number of nitrogens with one attached hydrogen (secondary N) is 1. The maximum absolute atomic E-state index is 12.2. The van der Waals surface area contributed by atoms with Crippen LogP contribution in [-0.2, 0) is 9.53 Å². The lowest BCUT2D eigenvalue weighted by atomic mass is 10.1. The normalized spacial score (nSPS) is 17.6. The third kappa shape index (κ3) is 9.71. The molecule has 0 aromatic heterocycles. The van der Waals surface area contributed by atoms with Gasteiger partial charge in [-0.3, -0.25) is 4.79 Å². The number of nitrogens with zero attached hydrogens (tertiary/aromatic N) is 1. The van der Waals surface area contributed by atoms with E-state index in [1.54, 1.807) is 4.90 Å². The molecule has 1 aliphatic heterocycles. The molecule has 0 spiro atoms. The van der Waals surface area contributed by atoms with Crippen LogP contribution in [0.2, 0.25) is 0 Å². The van der Waals surface area contributed by atoms with Gasteiger partial charge in [-0.1, -0.05) is 51.9 Å². The second-order valence-corrected chi connectivity index (χ2v) is 8.18. The van der Waals surface area contributed by atoms with E-state index in [9.17, 15) is 9.59 Å². The minimum Gasteiger partial charge on any atom is -0.444 e. The molecule has 0 unspecified atom stereocenters. The molecule has 0 aromatic carbocycles. The second kappa shape index (κ2) is 11.4. The van der Waals surface area contributed by atoms with E-state index in [1.807, 2.05) is 20.8 Å². The largest absolute Gasteiger partial charge is 0.444 e. The van der Waals surface area contributed by atoms with Crippen molar-refractivity contribution < 1.29 is 14.3 Å². The van der Waals surface area contributed by atoms with E-state index in [4.69, 9.17) is 4.74 Å². The van der Waals surface area contributed by atoms with Crippen LogP contribution < -0.4 is 5.32 Å². The minimum absolute atomic E-state index is 0.0778. The van der Waals surface area contributed by atoms with Gasteiger partial charge < -0.3 is 15.0 Å². The van der Waals surface area contributed by atoms with Gasteiger partial charge in [0.15, 0.2) is 0 Å². The highest BCUT2D eigenvalue weighted by molar-refractivity contribution is 5.80. The number of ether oxygens (including phenoxy) is 1. The van der Waals surface area contributed by atoms with E-state index in [1.165, 1.54) is 44.9 Å². The van der Waals surface area contributed by atoms with Crippen LogP contribution in [0.5, 0.6) is 0 Å². The summed E-state index contributed by atoms with van der Waals surface area (Å²) in [5, 5.41) is 3.03. The van der Waals surface area contributed by atoms with Crippen molar-refractivity contribution in [3.05, 3.63) is 0 Å². The van der Waals surface area contributed by atoms with Crippen molar-refractivity contribution in [3.63, 3.8) is 0 Å². The molecular formula is C20H38N2O3. The van der Waals surface area contributed by atoms with Crippen LogP contribution in [0, 0.1) is 5.92 Å². The number of unbranched alkanes of at least 4 members (excludes halogenated alkanes) is 7. The van der Waals surface area contributed by atoms with Crippen LogP contribution in [-0.4, -0.2) is 42.1 Å². The van der Waals surface area contributed by atoms with Gasteiger partial charge in [-0.15, -0.1) is 0 Å². The van der Waals surface area contributed by atoms with E-state index < -0.39 is 5.60 Å². The van der Waals surface area contributed by atoms with E-state index >= 15 is 0 Å². The Kier molecular flexibility index (Phi) is 9.91. The van der Waals surface area contributed by atoms with Gasteiger partial charge in [-0.2, -0.15) is 0 Å². The van der Waals surface area contributed by atoms with Gasteiger partial charge in [0.2, 0.25) is 5.91 Å². The number of carbonyl (C=O) groups is 2. The Morgan fingerprint density at radius 3 is 2.24 bits per heavy atom. The van der Waals surface area contributed by atoms with Gasteiger partial charge in [0.05, 0.1) is 5.92 Å². The predicted molar refractivity (Wildman–Crippen MR) is 102 cm³/mol. The van der Waals surface area contributed by atoms with Crippen molar-refractivity contribution in [2.24, 2.45) is 5.92 Å². The summed E-state index contributed by atoms with van der Waals surface area (Å²) in [5.74, 6) is -0.0180. The Morgan fingerprint density at radius 2 is 1.64 bits per heavy atom. The first-order valence-electron chi connectivity index (χ1n) is 10.1. The van der Waals surface area contributed by atoms with Crippen LogP contribution in [0.25, 0.3) is 0 Å². The fraction of sp³-hybridized carbons (Fsp3) is 0.900. The first-order chi connectivity index (χ1) is 11.8. The number of amides is 2. The highest BCUT2D eigenvalue weighted by atomic mass is 16.6. The van der Waals surface area contributed by atoms with Gasteiger partial charge in [0, 0.05) is 19.6 Å². The van der Waals surface area contributed by atoms with Crippen molar-refractivity contribution in [2.45, 2.75) is 91.1 Å². The summed E-state index contributed by atoms with van der Waals surface area (Å²) in [4.78, 5) is 25.9. The zero-order valence-electron chi connectivity index (χ0n) is 16.7. The lowest BCUT2D eigenvalue weighted by molar-refractivity contribution is -0.124. The van der Waals surface area contributed by atoms with Crippen molar-refractivity contribution in [1.29, 1.82) is 0 Å². The third-order valence-electron chi connectivity index (χ3n) is 4.54. The molecule has 0 aliphatic carbocycles. The van der Waals surface area contributed by atoms with E-state index in [-0.39, 0.29) is 17.9 Å². The van der Waals surface area contributed by atoms with Crippen molar-refractivity contribution in [2.75, 3.05) is 19.6 Å². The molecule has 1 rings (SSSR count). The standard InChI is InChI=1S/C20H38N2O3/c1-5-6-7-8-9-10-11-12-14-21-18(23)17-13-15-22(16-17)19(24)25-20(2,3)4/h17H,5-16H2,1-4H3,(H,21,23)/t17-/m0/s1. The number of likely N-dealkylation sites (tertiary alicyclic amines) is 1. The van der Waals surface area contributed by atoms with Crippen molar-refractivity contribution >= 4 is 12.0 Å². The number of rotatable bonds is 10. The van der Waals surface area contributed by atoms with E-state index in [2.05, 4.69) is 12.2 Å². The minimum atomic E-state index is -0.492. The maximum Gasteiger partial charge on any atom is 0.410 e. The molecule has 1 saturated heterocycles. The molecule has 5 heteroatoms. The Morgan fingerprint density at radius 1 is 1.04 bits per heavy atom. The van der Waals surface area contributed by atoms with Gasteiger partial charge in [0.1, 0.15) is 5.60 Å². The average Bonchev–Trinajstić information content (AvgIpc) is 3.02. The summed E-state index contributed by atoms with van der Waals surface area (Å²) in [5.41, 5.74) is -0.492. The van der Waals surface area contributed by atoms with Crippen LogP contribution >= 0.6 is 0 Å². The van der Waals surface area contributed by atoms with E-state index in [0.29, 0.717) is 13.1 Å². The zero-order valence-corrected chi connectivity index (χ0v) is 16.7. The Balaban J connectivity index is 2.09. The van der Waals surface area contributed by atoms with Gasteiger partial charge in [-0.25, -0.2) is 4.79 Å².